The van der Waals surface area contributed by atoms with Gasteiger partial charge in [-0.1, -0.05) is 84.9 Å². The Morgan fingerprint density at radius 1 is 0.765 bits per heavy atom. The van der Waals surface area contributed by atoms with Crippen LogP contribution in [0.1, 0.15) is 92.4 Å². The average molecular weight is 236 g/mol. The Labute approximate surface area is 111 Å². The van der Waals surface area contributed by atoms with Crippen LogP contribution in [0.25, 0.3) is 0 Å². The van der Waals surface area contributed by atoms with E-state index >= 15 is 0 Å². The first-order chi connectivity index (χ1) is 7.99. The van der Waals surface area contributed by atoms with Crippen LogP contribution in [-0.4, -0.2) is 7.85 Å². The molecule has 0 rings (SSSR count). The van der Waals surface area contributed by atoms with E-state index in [1.165, 1.54) is 44.9 Å². The number of rotatable bonds is 10. The molecule has 0 aromatic carbocycles. The summed E-state index contributed by atoms with van der Waals surface area (Å²) in [5.41, 5.74) is 0.332. The highest BCUT2D eigenvalue weighted by atomic mass is 14.4. The van der Waals surface area contributed by atoms with Gasteiger partial charge < -0.3 is 0 Å². The van der Waals surface area contributed by atoms with Gasteiger partial charge in [0.05, 0.1) is 7.85 Å². The minimum absolute atomic E-state index is 0.0369. The van der Waals surface area contributed by atoms with Gasteiger partial charge in [0.15, 0.2) is 0 Å². The fourth-order valence-corrected chi connectivity index (χ4v) is 3.22. The van der Waals surface area contributed by atoms with Crippen molar-refractivity contribution in [3.05, 3.63) is 0 Å². The summed E-state index contributed by atoms with van der Waals surface area (Å²) >= 11 is 0. The smallest absolute Gasteiger partial charge is 0.0655 e. The van der Waals surface area contributed by atoms with Crippen LogP contribution in [0.2, 0.25) is 5.31 Å². The lowest BCUT2D eigenvalue weighted by molar-refractivity contribution is 0.152. The molecule has 0 aromatic rings. The van der Waals surface area contributed by atoms with Crippen LogP contribution in [-0.2, 0) is 0 Å². The summed E-state index contributed by atoms with van der Waals surface area (Å²) in [6.07, 6.45) is 11.5. The van der Waals surface area contributed by atoms with Crippen LogP contribution >= 0.6 is 0 Å². The van der Waals surface area contributed by atoms with E-state index < -0.39 is 0 Å². The van der Waals surface area contributed by atoms with Gasteiger partial charge in [0.25, 0.3) is 0 Å². The minimum atomic E-state index is 0.0369. The molecule has 0 heterocycles. The van der Waals surface area contributed by atoms with Crippen molar-refractivity contribution >= 4 is 7.85 Å². The van der Waals surface area contributed by atoms with E-state index in [0.717, 1.165) is 12.8 Å². The van der Waals surface area contributed by atoms with Gasteiger partial charge in [-0.15, -0.1) is 0 Å². The maximum Gasteiger partial charge on any atom is 0.0753 e. The van der Waals surface area contributed by atoms with E-state index in [2.05, 4.69) is 34.6 Å². The van der Waals surface area contributed by atoms with Crippen molar-refractivity contribution < 1.29 is 0 Å². The molecule has 0 nitrogen and oxygen atoms in total. The highest BCUT2D eigenvalue weighted by molar-refractivity contribution is 6.15. The Hall–Kier alpha value is 0.0649. The van der Waals surface area contributed by atoms with E-state index in [0.29, 0.717) is 5.41 Å². The van der Waals surface area contributed by atoms with Crippen LogP contribution in [0.15, 0.2) is 0 Å². The lowest BCUT2D eigenvalue weighted by Gasteiger charge is -2.47. The van der Waals surface area contributed by atoms with Crippen molar-refractivity contribution in [1.29, 1.82) is 0 Å². The predicted molar refractivity (Wildman–Crippen MR) is 80.8 cm³/mol. The molecule has 1 atom stereocenters. The topological polar surface area (TPSA) is 0 Å². The van der Waals surface area contributed by atoms with Crippen LogP contribution < -0.4 is 0 Å². The Kier molecular flexibility index (Phi) is 8.25. The van der Waals surface area contributed by atoms with E-state index in [9.17, 15) is 0 Å². The molecule has 0 amide bonds. The van der Waals surface area contributed by atoms with Gasteiger partial charge in [-0.2, -0.15) is 0 Å². The first-order valence-corrected chi connectivity index (χ1v) is 7.78. The zero-order valence-electron chi connectivity index (χ0n) is 12.9. The quantitative estimate of drug-likeness (QED) is 0.326. The molecule has 0 saturated carbocycles. The van der Waals surface area contributed by atoms with Crippen LogP contribution in [0.4, 0.5) is 0 Å². The van der Waals surface area contributed by atoms with Gasteiger partial charge >= 0.3 is 0 Å². The molecule has 0 aliphatic carbocycles. The van der Waals surface area contributed by atoms with Gasteiger partial charge in [-0.25, -0.2) is 0 Å². The molecular weight excluding hydrogens is 203 g/mol. The number of hydrogen-bond acceptors (Lipinski definition) is 0. The summed E-state index contributed by atoms with van der Waals surface area (Å²) in [6, 6.07) is 0. The second kappa shape index (κ2) is 8.22. The van der Waals surface area contributed by atoms with E-state index in [1.54, 1.807) is 0 Å². The second-order valence-corrected chi connectivity index (χ2v) is 5.98. The third-order valence-electron chi connectivity index (χ3n) is 4.85. The molecule has 1 heteroatoms. The van der Waals surface area contributed by atoms with Crippen molar-refractivity contribution in [2.45, 2.75) is 97.7 Å². The van der Waals surface area contributed by atoms with Gasteiger partial charge in [0.2, 0.25) is 0 Å². The predicted octanol–water partition coefficient (Wildman–Crippen LogP) is 5.91. The zero-order chi connectivity index (χ0) is 13.4. The largest absolute Gasteiger partial charge is 0.0753 e. The van der Waals surface area contributed by atoms with Crippen molar-refractivity contribution in [3.8, 4) is 0 Å². The van der Waals surface area contributed by atoms with Crippen molar-refractivity contribution in [1.82, 2.24) is 0 Å². The van der Waals surface area contributed by atoms with Crippen molar-refractivity contribution in [2.75, 3.05) is 0 Å². The lowest BCUT2D eigenvalue weighted by Crippen LogP contribution is -2.34. The maximum atomic E-state index is 6.68. The highest BCUT2D eigenvalue weighted by Crippen LogP contribution is 2.54. The zero-order valence-corrected chi connectivity index (χ0v) is 12.9. The van der Waals surface area contributed by atoms with Gasteiger partial charge in [0.1, 0.15) is 0 Å². The minimum Gasteiger partial charge on any atom is -0.0655 e. The molecule has 100 valence electrons. The van der Waals surface area contributed by atoms with E-state index in [4.69, 9.17) is 7.85 Å². The van der Waals surface area contributed by atoms with Crippen molar-refractivity contribution in [2.24, 2.45) is 5.41 Å². The SMILES string of the molecule is [B]C(CC)(CC)C(C)(CCC)CCCCCC. The first kappa shape index (κ1) is 17.1. The average Bonchev–Trinajstić information content (AvgIpc) is 2.34. The lowest BCUT2D eigenvalue weighted by atomic mass is 9.48. The molecule has 0 aliphatic heterocycles. The molecule has 0 saturated heterocycles. The molecule has 2 radical (unpaired) electrons. The normalized spacial score (nSPS) is 15.8. The molecule has 0 N–H and O–H groups in total. The van der Waals surface area contributed by atoms with Crippen LogP contribution in [0.3, 0.4) is 0 Å². The first-order valence-electron chi connectivity index (χ1n) is 7.78. The third kappa shape index (κ3) is 4.68. The molecular formula is C16H33B. The van der Waals surface area contributed by atoms with Gasteiger partial charge in [-0.05, 0) is 18.3 Å². The molecule has 1 unspecified atom stereocenters. The fourth-order valence-electron chi connectivity index (χ4n) is 3.22. The molecule has 0 bridgehead atoms. The molecule has 0 fully saturated rings. The molecule has 0 aliphatic rings. The molecule has 0 spiro atoms. The van der Waals surface area contributed by atoms with Crippen LogP contribution in [0, 0.1) is 5.41 Å². The third-order valence-corrected chi connectivity index (χ3v) is 4.85. The Morgan fingerprint density at radius 3 is 1.76 bits per heavy atom. The summed E-state index contributed by atoms with van der Waals surface area (Å²) in [4.78, 5) is 0. The number of hydrogen-bond donors (Lipinski definition) is 0. The highest BCUT2D eigenvalue weighted by Gasteiger charge is 2.39. The molecule has 17 heavy (non-hydrogen) atoms. The fraction of sp³-hybridized carbons (Fsp3) is 1.00. The van der Waals surface area contributed by atoms with E-state index in [-0.39, 0.29) is 5.31 Å². The van der Waals surface area contributed by atoms with Crippen molar-refractivity contribution in [3.63, 3.8) is 0 Å². The molecule has 0 aromatic heterocycles. The van der Waals surface area contributed by atoms with E-state index in [1.807, 2.05) is 0 Å². The standard InChI is InChI=1S/C16H33B/c1-6-10-11-12-14-15(5,13-7-2)16(17,8-3)9-4/h6-14H2,1-5H3. The Balaban J connectivity index is 4.53. The maximum absolute atomic E-state index is 6.68. The van der Waals surface area contributed by atoms with Gasteiger partial charge in [-0.3, -0.25) is 0 Å². The Morgan fingerprint density at radius 2 is 1.35 bits per heavy atom. The Bertz CT molecular complexity index is 184. The van der Waals surface area contributed by atoms with Gasteiger partial charge in [0, 0.05) is 0 Å². The number of unbranched alkanes of at least 4 members (excludes halogenated alkanes) is 3. The summed E-state index contributed by atoms with van der Waals surface area (Å²) < 4.78 is 0. The summed E-state index contributed by atoms with van der Waals surface area (Å²) in [6.45, 7) is 11.5. The van der Waals surface area contributed by atoms with Crippen LogP contribution in [0.5, 0.6) is 0 Å². The summed E-state index contributed by atoms with van der Waals surface area (Å²) in [5, 5.41) is 0.0369. The second-order valence-electron chi connectivity index (χ2n) is 5.98. The monoisotopic (exact) mass is 236 g/mol. The summed E-state index contributed by atoms with van der Waals surface area (Å²) in [7, 11) is 6.68. The summed E-state index contributed by atoms with van der Waals surface area (Å²) in [5.74, 6) is 0.